The zero-order valence-corrected chi connectivity index (χ0v) is 13.3. The van der Waals surface area contributed by atoms with Crippen LogP contribution >= 0.6 is 23.2 Å². The van der Waals surface area contributed by atoms with Gasteiger partial charge in [0.1, 0.15) is 12.4 Å². The summed E-state index contributed by atoms with van der Waals surface area (Å²) in [5, 5.41) is 9.79. The number of rotatable bonds is 4. The molecule has 2 aromatic rings. The van der Waals surface area contributed by atoms with Crippen molar-refractivity contribution in [1.29, 1.82) is 5.26 Å². The molecule has 0 aliphatic carbocycles. The Morgan fingerprint density at radius 1 is 1.26 bits per heavy atom. The topological polar surface area (TPSA) is 33.0 Å². The van der Waals surface area contributed by atoms with Gasteiger partial charge in [0.25, 0.3) is 0 Å². The van der Waals surface area contributed by atoms with E-state index in [2.05, 4.69) is 5.92 Å². The zero-order valence-electron chi connectivity index (χ0n) is 11.8. The zero-order chi connectivity index (χ0) is 16.8. The van der Waals surface area contributed by atoms with E-state index in [4.69, 9.17) is 34.4 Å². The van der Waals surface area contributed by atoms with Crippen LogP contribution in [0.4, 0.5) is 4.39 Å². The molecule has 2 nitrogen and oxygen atoms in total. The highest BCUT2D eigenvalue weighted by Gasteiger charge is 2.11. The summed E-state index contributed by atoms with van der Waals surface area (Å²) in [6.45, 7) is 0.0350. The van der Waals surface area contributed by atoms with Crippen LogP contribution in [-0.4, -0.2) is 6.61 Å². The summed E-state index contributed by atoms with van der Waals surface area (Å²) in [5.74, 6) is 2.11. The van der Waals surface area contributed by atoms with Crippen molar-refractivity contribution in [1.82, 2.24) is 0 Å². The fraction of sp³-hybridized carbons (Fsp3) is 0.0556. The molecular weight excluding hydrogens is 336 g/mol. The molecule has 0 atom stereocenters. The van der Waals surface area contributed by atoms with E-state index in [0.717, 1.165) is 0 Å². The van der Waals surface area contributed by atoms with Crippen LogP contribution in [0.1, 0.15) is 11.1 Å². The van der Waals surface area contributed by atoms with Gasteiger partial charge in [-0.1, -0.05) is 47.3 Å². The number of halogens is 3. The summed E-state index contributed by atoms with van der Waals surface area (Å²) in [4.78, 5) is 0. The van der Waals surface area contributed by atoms with E-state index in [0.29, 0.717) is 5.56 Å². The normalized spacial score (nSPS) is 10.7. The molecule has 114 valence electrons. The number of hydrogen-bond donors (Lipinski definition) is 0. The van der Waals surface area contributed by atoms with Crippen LogP contribution in [0.25, 0.3) is 11.6 Å². The van der Waals surface area contributed by atoms with Crippen molar-refractivity contribution in [2.75, 3.05) is 6.61 Å². The van der Waals surface area contributed by atoms with Gasteiger partial charge in [0, 0.05) is 5.56 Å². The highest BCUT2D eigenvalue weighted by molar-refractivity contribution is 6.37. The molecule has 23 heavy (non-hydrogen) atoms. The van der Waals surface area contributed by atoms with Gasteiger partial charge in [-0.2, -0.15) is 5.26 Å². The second kappa shape index (κ2) is 7.70. The van der Waals surface area contributed by atoms with E-state index >= 15 is 0 Å². The van der Waals surface area contributed by atoms with E-state index in [1.54, 1.807) is 24.3 Å². The Morgan fingerprint density at radius 2 is 1.91 bits per heavy atom. The third-order valence-electron chi connectivity index (χ3n) is 2.92. The average molecular weight is 346 g/mol. The van der Waals surface area contributed by atoms with Gasteiger partial charge >= 0.3 is 0 Å². The number of ether oxygens (including phenoxy) is 1. The van der Waals surface area contributed by atoms with E-state index < -0.39 is 5.82 Å². The maximum Gasteiger partial charge on any atom is 0.157 e. The number of terminal acetylenes is 1. The van der Waals surface area contributed by atoms with Crippen LogP contribution in [0, 0.1) is 29.5 Å². The van der Waals surface area contributed by atoms with Crippen molar-refractivity contribution in [2.45, 2.75) is 0 Å². The molecule has 0 fully saturated rings. The van der Waals surface area contributed by atoms with Gasteiger partial charge in [-0.3, -0.25) is 0 Å². The lowest BCUT2D eigenvalue weighted by Crippen LogP contribution is -1.95. The van der Waals surface area contributed by atoms with E-state index in [9.17, 15) is 9.65 Å². The molecular formula is C18H10Cl2FNO. The molecule has 0 aliphatic rings. The summed E-state index contributed by atoms with van der Waals surface area (Å²) in [7, 11) is 0. The monoisotopic (exact) mass is 345 g/mol. The van der Waals surface area contributed by atoms with Gasteiger partial charge in [-0.15, -0.1) is 6.42 Å². The SMILES string of the molecule is C#CCOc1c(Cl)cc(/C=C(/C#N)c2ccccc2F)cc1Cl. The molecule has 2 rings (SSSR count). The van der Waals surface area contributed by atoms with Crippen molar-refractivity contribution in [3.05, 3.63) is 63.4 Å². The summed E-state index contributed by atoms with van der Waals surface area (Å²) in [6, 6.07) is 11.1. The second-order valence-electron chi connectivity index (χ2n) is 4.46. The molecule has 5 heteroatoms. The first-order chi connectivity index (χ1) is 11.1. The van der Waals surface area contributed by atoms with Crippen molar-refractivity contribution in [2.24, 2.45) is 0 Å². The minimum Gasteiger partial charge on any atom is -0.478 e. The first kappa shape index (κ1) is 16.9. The third kappa shape index (κ3) is 4.05. The first-order valence-corrected chi connectivity index (χ1v) is 7.24. The third-order valence-corrected chi connectivity index (χ3v) is 3.48. The van der Waals surface area contributed by atoms with E-state index in [-0.39, 0.29) is 33.5 Å². The highest BCUT2D eigenvalue weighted by atomic mass is 35.5. The minimum absolute atomic E-state index is 0.0350. The van der Waals surface area contributed by atoms with E-state index in [1.807, 2.05) is 6.07 Å². The van der Waals surface area contributed by atoms with Gasteiger partial charge in [0.2, 0.25) is 0 Å². The molecule has 0 amide bonds. The largest absolute Gasteiger partial charge is 0.478 e. The highest BCUT2D eigenvalue weighted by Crippen LogP contribution is 2.35. The standard InChI is InChI=1S/C18H10Cl2FNO/c1-2-7-23-18-15(19)9-12(10-16(18)20)8-13(11-22)14-5-3-4-6-17(14)21/h1,3-6,8-10H,7H2/b13-8-. The Balaban J connectivity index is 2.44. The number of nitrogens with zero attached hydrogens (tertiary/aromatic N) is 1. The second-order valence-corrected chi connectivity index (χ2v) is 5.27. The molecule has 0 aromatic heterocycles. The predicted octanol–water partition coefficient (Wildman–Crippen LogP) is 5.21. The lowest BCUT2D eigenvalue weighted by atomic mass is 10.0. The molecule has 0 heterocycles. The van der Waals surface area contributed by atoms with Gasteiger partial charge in [0.15, 0.2) is 5.75 Å². The van der Waals surface area contributed by atoms with Crippen LogP contribution in [-0.2, 0) is 0 Å². The van der Waals surface area contributed by atoms with Gasteiger partial charge in [0.05, 0.1) is 21.7 Å². The minimum atomic E-state index is -0.480. The van der Waals surface area contributed by atoms with Crippen LogP contribution in [0.2, 0.25) is 10.0 Å². The molecule has 0 radical (unpaired) electrons. The van der Waals surface area contributed by atoms with Crippen molar-refractivity contribution in [3.8, 4) is 24.2 Å². The lowest BCUT2D eigenvalue weighted by molar-refractivity contribution is 0.371. The summed E-state index contributed by atoms with van der Waals surface area (Å²) < 4.78 is 19.1. The number of hydrogen-bond acceptors (Lipinski definition) is 2. The average Bonchev–Trinajstić information content (AvgIpc) is 2.53. The maximum absolute atomic E-state index is 13.8. The van der Waals surface area contributed by atoms with Gasteiger partial charge in [-0.25, -0.2) is 4.39 Å². The Kier molecular flexibility index (Phi) is 5.66. The van der Waals surface area contributed by atoms with Crippen LogP contribution in [0.5, 0.6) is 5.75 Å². The van der Waals surface area contributed by atoms with Gasteiger partial charge in [-0.05, 0) is 29.8 Å². The van der Waals surface area contributed by atoms with Gasteiger partial charge < -0.3 is 4.74 Å². The maximum atomic E-state index is 13.8. The Hall–Kier alpha value is -2.46. The fourth-order valence-corrected chi connectivity index (χ4v) is 2.54. The Labute approximate surface area is 143 Å². The van der Waals surface area contributed by atoms with Crippen LogP contribution in [0.15, 0.2) is 36.4 Å². The molecule has 0 spiro atoms. The Morgan fingerprint density at radius 3 is 2.48 bits per heavy atom. The van der Waals surface area contributed by atoms with Crippen molar-refractivity contribution < 1.29 is 9.13 Å². The molecule has 0 saturated heterocycles. The predicted molar refractivity (Wildman–Crippen MR) is 90.7 cm³/mol. The lowest BCUT2D eigenvalue weighted by Gasteiger charge is -2.09. The first-order valence-electron chi connectivity index (χ1n) is 6.48. The summed E-state index contributed by atoms with van der Waals surface area (Å²) in [6.07, 6.45) is 6.63. The van der Waals surface area contributed by atoms with E-state index in [1.165, 1.54) is 18.2 Å². The van der Waals surface area contributed by atoms with Crippen molar-refractivity contribution in [3.63, 3.8) is 0 Å². The number of nitriles is 1. The molecule has 0 N–H and O–H groups in total. The van der Waals surface area contributed by atoms with Crippen LogP contribution < -0.4 is 4.74 Å². The molecule has 0 saturated carbocycles. The quantitative estimate of drug-likeness (QED) is 0.433. The molecule has 2 aromatic carbocycles. The Bertz CT molecular complexity index is 824. The summed E-state index contributed by atoms with van der Waals surface area (Å²) >= 11 is 12.2. The number of benzene rings is 2. The summed E-state index contributed by atoms with van der Waals surface area (Å²) in [5.41, 5.74) is 0.912. The molecule has 0 unspecified atom stereocenters. The van der Waals surface area contributed by atoms with Crippen molar-refractivity contribution >= 4 is 34.9 Å². The fourth-order valence-electron chi connectivity index (χ4n) is 1.93. The number of allylic oxidation sites excluding steroid dienone is 1. The molecule has 0 aliphatic heterocycles. The smallest absolute Gasteiger partial charge is 0.157 e. The van der Waals surface area contributed by atoms with Crippen LogP contribution in [0.3, 0.4) is 0 Å². The molecule has 0 bridgehead atoms.